The molecule has 2 aromatic rings. The first-order chi connectivity index (χ1) is 11.1. The van der Waals surface area contributed by atoms with E-state index in [4.69, 9.17) is 9.15 Å². The van der Waals surface area contributed by atoms with Crippen LogP contribution in [0, 0.1) is 13.8 Å². The second-order valence-corrected chi connectivity index (χ2v) is 5.59. The fourth-order valence-corrected chi connectivity index (χ4v) is 2.56. The van der Waals surface area contributed by atoms with Gasteiger partial charge in [0.25, 0.3) is 0 Å². The highest BCUT2D eigenvalue weighted by Crippen LogP contribution is 2.16. The molecule has 0 spiro atoms. The normalized spacial score (nSPS) is 17.8. The Morgan fingerprint density at radius 1 is 1.39 bits per heavy atom. The Bertz CT molecular complexity index is 690. The van der Waals surface area contributed by atoms with Crippen molar-refractivity contribution in [2.75, 3.05) is 13.1 Å². The van der Waals surface area contributed by atoms with Crippen LogP contribution in [0.2, 0.25) is 0 Å². The van der Waals surface area contributed by atoms with E-state index in [0.717, 1.165) is 17.8 Å². The van der Waals surface area contributed by atoms with Crippen LogP contribution >= 0.6 is 0 Å². The largest absolute Gasteiger partial charge is 0.465 e. The Labute approximate surface area is 134 Å². The molecule has 3 rings (SSSR count). The zero-order chi connectivity index (χ0) is 16.2. The van der Waals surface area contributed by atoms with Gasteiger partial charge < -0.3 is 14.1 Å². The van der Waals surface area contributed by atoms with Gasteiger partial charge >= 0.3 is 6.01 Å². The lowest BCUT2D eigenvalue weighted by molar-refractivity contribution is -0.125. The third-order valence-corrected chi connectivity index (χ3v) is 3.62. The van der Waals surface area contributed by atoms with Crippen LogP contribution < -0.4 is 4.74 Å². The van der Waals surface area contributed by atoms with Gasteiger partial charge in [-0.05, 0) is 38.1 Å². The summed E-state index contributed by atoms with van der Waals surface area (Å²) in [5.41, 5.74) is 1.75. The molecule has 1 atom stereocenters. The Morgan fingerprint density at radius 3 is 2.87 bits per heavy atom. The van der Waals surface area contributed by atoms with E-state index >= 15 is 0 Å². The average molecular weight is 313 g/mol. The molecule has 1 amide bonds. The molecule has 0 aromatic carbocycles. The maximum Gasteiger partial charge on any atom is 0.317 e. The number of likely N-dealkylation sites (tertiary alicyclic amines) is 1. The van der Waals surface area contributed by atoms with Crippen molar-refractivity contribution in [3.05, 3.63) is 47.7 Å². The second-order valence-electron chi connectivity index (χ2n) is 5.59. The summed E-state index contributed by atoms with van der Waals surface area (Å²) in [5, 5.41) is 0. The summed E-state index contributed by atoms with van der Waals surface area (Å²) in [5.74, 6) is 0.614. The smallest absolute Gasteiger partial charge is 0.317 e. The van der Waals surface area contributed by atoms with Crippen LogP contribution in [0.25, 0.3) is 6.08 Å². The molecule has 0 aliphatic carbocycles. The number of ether oxygens (including phenoxy) is 1. The quantitative estimate of drug-likeness (QED) is 0.811. The topological polar surface area (TPSA) is 68.5 Å². The summed E-state index contributed by atoms with van der Waals surface area (Å²) >= 11 is 0. The van der Waals surface area contributed by atoms with Crippen molar-refractivity contribution < 1.29 is 13.9 Å². The maximum absolute atomic E-state index is 12.2. The highest BCUT2D eigenvalue weighted by Gasteiger charge is 2.27. The zero-order valence-corrected chi connectivity index (χ0v) is 13.2. The molecule has 0 radical (unpaired) electrons. The van der Waals surface area contributed by atoms with Gasteiger partial charge in [-0.25, -0.2) is 9.97 Å². The van der Waals surface area contributed by atoms with Crippen LogP contribution in [0.1, 0.15) is 23.6 Å². The molecule has 6 heteroatoms. The monoisotopic (exact) mass is 313 g/mol. The summed E-state index contributed by atoms with van der Waals surface area (Å²) < 4.78 is 11.0. The highest BCUT2D eigenvalue weighted by molar-refractivity contribution is 5.91. The number of hydrogen-bond acceptors (Lipinski definition) is 5. The molecular weight excluding hydrogens is 294 g/mol. The molecule has 6 nitrogen and oxygen atoms in total. The van der Waals surface area contributed by atoms with E-state index in [1.54, 1.807) is 29.4 Å². The maximum atomic E-state index is 12.2. The Kier molecular flexibility index (Phi) is 4.41. The van der Waals surface area contributed by atoms with E-state index in [1.165, 1.54) is 6.08 Å². The minimum Gasteiger partial charge on any atom is -0.465 e. The summed E-state index contributed by atoms with van der Waals surface area (Å²) in [4.78, 5) is 22.5. The lowest BCUT2D eigenvalue weighted by Crippen LogP contribution is -2.29. The first-order valence-electron chi connectivity index (χ1n) is 7.59. The Morgan fingerprint density at radius 2 is 2.17 bits per heavy atom. The number of carbonyl (C=O) groups excluding carboxylic acids is 1. The number of aryl methyl sites for hydroxylation is 2. The molecule has 1 aliphatic rings. The van der Waals surface area contributed by atoms with E-state index in [2.05, 4.69) is 9.97 Å². The number of hydrogen-bond donors (Lipinski definition) is 0. The molecule has 1 saturated heterocycles. The first-order valence-corrected chi connectivity index (χ1v) is 7.59. The highest BCUT2D eigenvalue weighted by atomic mass is 16.5. The van der Waals surface area contributed by atoms with E-state index in [0.29, 0.717) is 24.9 Å². The molecule has 2 aromatic heterocycles. The lowest BCUT2D eigenvalue weighted by atomic mass is 10.3. The minimum atomic E-state index is -0.0721. The van der Waals surface area contributed by atoms with Gasteiger partial charge in [-0.15, -0.1) is 0 Å². The number of carbonyl (C=O) groups is 1. The van der Waals surface area contributed by atoms with Crippen molar-refractivity contribution in [3.63, 3.8) is 0 Å². The molecule has 1 fully saturated rings. The summed E-state index contributed by atoms with van der Waals surface area (Å²) in [6.07, 6.45) is 5.47. The Hall–Kier alpha value is -2.63. The van der Waals surface area contributed by atoms with Gasteiger partial charge in [0.1, 0.15) is 11.9 Å². The zero-order valence-electron chi connectivity index (χ0n) is 13.2. The van der Waals surface area contributed by atoms with Crippen LogP contribution in [0.3, 0.4) is 0 Å². The number of furan rings is 1. The summed E-state index contributed by atoms with van der Waals surface area (Å²) in [6, 6.07) is 5.87. The first kappa shape index (κ1) is 15.3. The van der Waals surface area contributed by atoms with Gasteiger partial charge in [-0.2, -0.15) is 0 Å². The van der Waals surface area contributed by atoms with Gasteiger partial charge in [-0.3, -0.25) is 4.79 Å². The second kappa shape index (κ2) is 6.64. The van der Waals surface area contributed by atoms with Gasteiger partial charge in [0, 0.05) is 30.4 Å². The third-order valence-electron chi connectivity index (χ3n) is 3.62. The number of amides is 1. The van der Waals surface area contributed by atoms with E-state index in [-0.39, 0.29) is 12.0 Å². The molecule has 3 heterocycles. The summed E-state index contributed by atoms with van der Waals surface area (Å²) in [6.45, 7) is 5.02. The van der Waals surface area contributed by atoms with Crippen molar-refractivity contribution in [2.45, 2.75) is 26.4 Å². The van der Waals surface area contributed by atoms with Crippen molar-refractivity contribution in [1.29, 1.82) is 0 Å². The molecule has 1 aliphatic heterocycles. The average Bonchev–Trinajstić information content (AvgIpc) is 3.15. The number of rotatable bonds is 4. The fourth-order valence-electron chi connectivity index (χ4n) is 2.56. The Balaban J connectivity index is 1.56. The molecular formula is C17H19N3O3. The molecule has 0 N–H and O–H groups in total. The lowest BCUT2D eigenvalue weighted by Gasteiger charge is -2.15. The minimum absolute atomic E-state index is 0.0474. The van der Waals surface area contributed by atoms with Crippen LogP contribution in [0.15, 0.2) is 35.0 Å². The van der Waals surface area contributed by atoms with E-state index < -0.39 is 0 Å². The van der Waals surface area contributed by atoms with E-state index in [1.807, 2.05) is 19.9 Å². The SMILES string of the molecule is Cc1cc(C)nc(OC2CCN(C(=O)/C=C/c3ccco3)C2)n1. The van der Waals surface area contributed by atoms with Gasteiger partial charge in [0.2, 0.25) is 5.91 Å². The van der Waals surface area contributed by atoms with Crippen molar-refractivity contribution >= 4 is 12.0 Å². The fraction of sp³-hybridized carbons (Fsp3) is 0.353. The van der Waals surface area contributed by atoms with Crippen LogP contribution in [-0.2, 0) is 4.79 Å². The predicted octanol–water partition coefficient (Wildman–Crippen LogP) is 2.38. The van der Waals surface area contributed by atoms with Gasteiger partial charge in [0.15, 0.2) is 0 Å². The standard InChI is InChI=1S/C17H19N3O3/c1-12-10-13(2)19-17(18-12)23-15-7-8-20(11-15)16(21)6-5-14-4-3-9-22-14/h3-6,9-10,15H,7-8,11H2,1-2H3/b6-5+. The van der Waals surface area contributed by atoms with E-state index in [9.17, 15) is 4.79 Å². The third kappa shape index (κ3) is 3.97. The van der Waals surface area contributed by atoms with Crippen LogP contribution in [0.5, 0.6) is 6.01 Å². The van der Waals surface area contributed by atoms with Crippen molar-refractivity contribution in [2.24, 2.45) is 0 Å². The van der Waals surface area contributed by atoms with Crippen LogP contribution in [-0.4, -0.2) is 40.0 Å². The molecule has 0 bridgehead atoms. The predicted molar refractivity (Wildman–Crippen MR) is 84.9 cm³/mol. The molecule has 0 saturated carbocycles. The van der Waals surface area contributed by atoms with Crippen molar-refractivity contribution in [3.8, 4) is 6.01 Å². The number of nitrogens with zero attached hydrogens (tertiary/aromatic N) is 3. The number of aromatic nitrogens is 2. The van der Waals surface area contributed by atoms with Crippen molar-refractivity contribution in [1.82, 2.24) is 14.9 Å². The molecule has 1 unspecified atom stereocenters. The molecule has 23 heavy (non-hydrogen) atoms. The van der Waals surface area contributed by atoms with Gasteiger partial charge in [-0.1, -0.05) is 0 Å². The van der Waals surface area contributed by atoms with Gasteiger partial charge in [0.05, 0.1) is 12.8 Å². The molecule has 120 valence electrons. The van der Waals surface area contributed by atoms with Crippen LogP contribution in [0.4, 0.5) is 0 Å². The summed E-state index contributed by atoms with van der Waals surface area (Å²) in [7, 11) is 0.